The van der Waals surface area contributed by atoms with Gasteiger partial charge in [0.15, 0.2) is 11.5 Å². The summed E-state index contributed by atoms with van der Waals surface area (Å²) in [6.45, 7) is 0. The topological polar surface area (TPSA) is 94.7 Å². The number of para-hydroxylation sites is 2. The minimum Gasteiger partial charge on any atom is -0.495 e. The standard InChI is InChI=1S/C24H23N3O5/c1-29-19-10-9-14(23-25-16-7-5-6-8-17(16)26-23)11-18(19)27-24(28)15-12-20(30-2)22(32-4)21(13-15)31-3/h5-13H,1-4H3,(H,25,26)(H,27,28). The molecule has 164 valence electrons. The number of aromatic nitrogens is 2. The van der Waals surface area contributed by atoms with Crippen LogP contribution in [0.5, 0.6) is 23.0 Å². The van der Waals surface area contributed by atoms with Crippen LogP contribution in [0.25, 0.3) is 22.4 Å². The summed E-state index contributed by atoms with van der Waals surface area (Å²) in [5.74, 6) is 2.04. The highest BCUT2D eigenvalue weighted by Crippen LogP contribution is 2.39. The second-order valence-electron chi connectivity index (χ2n) is 6.89. The second-order valence-corrected chi connectivity index (χ2v) is 6.89. The molecule has 0 saturated carbocycles. The Labute approximate surface area is 185 Å². The lowest BCUT2D eigenvalue weighted by Gasteiger charge is -2.15. The summed E-state index contributed by atoms with van der Waals surface area (Å²) in [5.41, 5.74) is 3.45. The molecule has 0 atom stereocenters. The Kier molecular flexibility index (Phi) is 5.85. The fourth-order valence-corrected chi connectivity index (χ4v) is 3.45. The highest BCUT2D eigenvalue weighted by atomic mass is 16.5. The van der Waals surface area contributed by atoms with Crippen LogP contribution in [0.3, 0.4) is 0 Å². The van der Waals surface area contributed by atoms with Crippen molar-refractivity contribution < 1.29 is 23.7 Å². The van der Waals surface area contributed by atoms with Gasteiger partial charge in [-0.05, 0) is 42.5 Å². The van der Waals surface area contributed by atoms with Crippen molar-refractivity contribution in [1.82, 2.24) is 9.97 Å². The first-order valence-electron chi connectivity index (χ1n) is 9.82. The average Bonchev–Trinajstić information content (AvgIpc) is 3.27. The summed E-state index contributed by atoms with van der Waals surface area (Å²) in [6.07, 6.45) is 0. The van der Waals surface area contributed by atoms with Crippen molar-refractivity contribution in [2.24, 2.45) is 0 Å². The summed E-state index contributed by atoms with van der Waals surface area (Å²) < 4.78 is 21.5. The van der Waals surface area contributed by atoms with Crippen LogP contribution < -0.4 is 24.3 Å². The number of nitrogens with zero attached hydrogens (tertiary/aromatic N) is 1. The van der Waals surface area contributed by atoms with Gasteiger partial charge in [-0.3, -0.25) is 4.79 Å². The molecule has 0 radical (unpaired) electrons. The third kappa shape index (κ3) is 3.90. The Hall–Kier alpha value is -4.20. The first-order valence-corrected chi connectivity index (χ1v) is 9.82. The fourth-order valence-electron chi connectivity index (χ4n) is 3.45. The average molecular weight is 433 g/mol. The number of imidazole rings is 1. The van der Waals surface area contributed by atoms with Gasteiger partial charge in [0.1, 0.15) is 11.6 Å². The van der Waals surface area contributed by atoms with E-state index >= 15 is 0 Å². The summed E-state index contributed by atoms with van der Waals surface area (Å²) in [6, 6.07) is 16.4. The first-order chi connectivity index (χ1) is 15.6. The van der Waals surface area contributed by atoms with Crippen molar-refractivity contribution >= 4 is 22.6 Å². The van der Waals surface area contributed by atoms with Gasteiger partial charge in [0, 0.05) is 11.1 Å². The van der Waals surface area contributed by atoms with E-state index in [0.717, 1.165) is 16.6 Å². The zero-order valence-electron chi connectivity index (χ0n) is 18.2. The number of carbonyl (C=O) groups is 1. The van der Waals surface area contributed by atoms with Crippen LogP contribution >= 0.6 is 0 Å². The van der Waals surface area contributed by atoms with Crippen LogP contribution in [0.15, 0.2) is 54.6 Å². The van der Waals surface area contributed by atoms with E-state index in [-0.39, 0.29) is 5.91 Å². The van der Waals surface area contributed by atoms with E-state index in [1.54, 1.807) is 25.3 Å². The Bertz CT molecular complexity index is 1220. The molecule has 1 aromatic heterocycles. The fraction of sp³-hybridized carbons (Fsp3) is 0.167. The normalized spacial score (nSPS) is 10.6. The third-order valence-corrected chi connectivity index (χ3v) is 5.04. The molecule has 1 amide bonds. The molecule has 1 heterocycles. The number of carbonyl (C=O) groups excluding carboxylic acids is 1. The van der Waals surface area contributed by atoms with Crippen LogP contribution in [0, 0.1) is 0 Å². The van der Waals surface area contributed by atoms with Crippen LogP contribution in [0.2, 0.25) is 0 Å². The molecule has 4 rings (SSSR count). The summed E-state index contributed by atoms with van der Waals surface area (Å²) in [4.78, 5) is 21.0. The maximum Gasteiger partial charge on any atom is 0.256 e. The summed E-state index contributed by atoms with van der Waals surface area (Å²) in [5, 5.41) is 2.90. The third-order valence-electron chi connectivity index (χ3n) is 5.04. The van der Waals surface area contributed by atoms with E-state index in [1.165, 1.54) is 21.3 Å². The number of nitrogens with one attached hydrogen (secondary N) is 2. The van der Waals surface area contributed by atoms with E-state index in [9.17, 15) is 4.79 Å². The van der Waals surface area contributed by atoms with Gasteiger partial charge in [-0.1, -0.05) is 12.1 Å². The van der Waals surface area contributed by atoms with Gasteiger partial charge in [-0.15, -0.1) is 0 Å². The van der Waals surface area contributed by atoms with Crippen molar-refractivity contribution in [3.05, 3.63) is 60.2 Å². The van der Waals surface area contributed by atoms with Crippen LogP contribution in [0.4, 0.5) is 5.69 Å². The molecule has 0 aliphatic carbocycles. The minimum atomic E-state index is -0.357. The molecular formula is C24H23N3O5. The molecule has 8 heteroatoms. The molecule has 32 heavy (non-hydrogen) atoms. The molecular weight excluding hydrogens is 410 g/mol. The zero-order valence-corrected chi connectivity index (χ0v) is 18.2. The van der Waals surface area contributed by atoms with E-state index in [0.29, 0.717) is 40.1 Å². The monoisotopic (exact) mass is 433 g/mol. The largest absolute Gasteiger partial charge is 0.495 e. The maximum absolute atomic E-state index is 13.1. The first kappa shape index (κ1) is 21.0. The van der Waals surface area contributed by atoms with Crippen LogP contribution in [-0.4, -0.2) is 44.3 Å². The summed E-state index contributed by atoms with van der Waals surface area (Å²) in [7, 11) is 6.05. The van der Waals surface area contributed by atoms with Gasteiger partial charge >= 0.3 is 0 Å². The number of hydrogen-bond acceptors (Lipinski definition) is 6. The number of amides is 1. The zero-order chi connectivity index (χ0) is 22.7. The number of rotatable bonds is 7. The summed E-state index contributed by atoms with van der Waals surface area (Å²) >= 11 is 0. The van der Waals surface area contributed by atoms with E-state index in [2.05, 4.69) is 15.3 Å². The predicted octanol–water partition coefficient (Wildman–Crippen LogP) is 4.52. The number of benzene rings is 3. The number of hydrogen-bond donors (Lipinski definition) is 2. The van der Waals surface area contributed by atoms with Gasteiger partial charge in [0.2, 0.25) is 5.75 Å². The Morgan fingerprint density at radius 2 is 1.53 bits per heavy atom. The highest BCUT2D eigenvalue weighted by molar-refractivity contribution is 6.06. The van der Waals surface area contributed by atoms with Crippen molar-refractivity contribution in [2.75, 3.05) is 33.8 Å². The molecule has 0 aliphatic heterocycles. The molecule has 2 N–H and O–H groups in total. The predicted molar refractivity (Wildman–Crippen MR) is 122 cm³/mol. The van der Waals surface area contributed by atoms with Crippen LogP contribution in [0.1, 0.15) is 10.4 Å². The van der Waals surface area contributed by atoms with Gasteiger partial charge < -0.3 is 29.2 Å². The van der Waals surface area contributed by atoms with Crippen molar-refractivity contribution in [1.29, 1.82) is 0 Å². The van der Waals surface area contributed by atoms with Crippen molar-refractivity contribution in [3.8, 4) is 34.4 Å². The number of ether oxygens (including phenoxy) is 4. The van der Waals surface area contributed by atoms with Crippen molar-refractivity contribution in [2.45, 2.75) is 0 Å². The lowest BCUT2D eigenvalue weighted by Crippen LogP contribution is -2.13. The van der Waals surface area contributed by atoms with Crippen LogP contribution in [-0.2, 0) is 0 Å². The molecule has 4 aromatic rings. The number of H-pyrrole nitrogens is 1. The maximum atomic E-state index is 13.1. The molecule has 0 fully saturated rings. The van der Waals surface area contributed by atoms with Gasteiger partial charge in [-0.2, -0.15) is 0 Å². The Morgan fingerprint density at radius 1 is 0.844 bits per heavy atom. The smallest absolute Gasteiger partial charge is 0.256 e. The van der Waals surface area contributed by atoms with E-state index in [1.807, 2.05) is 36.4 Å². The van der Waals surface area contributed by atoms with E-state index < -0.39 is 0 Å². The van der Waals surface area contributed by atoms with E-state index in [4.69, 9.17) is 18.9 Å². The lowest BCUT2D eigenvalue weighted by molar-refractivity contribution is 0.102. The van der Waals surface area contributed by atoms with Gasteiger partial charge in [0.25, 0.3) is 5.91 Å². The molecule has 3 aromatic carbocycles. The molecule has 0 aliphatic rings. The molecule has 0 spiro atoms. The molecule has 0 unspecified atom stereocenters. The molecule has 8 nitrogen and oxygen atoms in total. The Balaban J connectivity index is 1.69. The van der Waals surface area contributed by atoms with Gasteiger partial charge in [-0.25, -0.2) is 4.98 Å². The minimum absolute atomic E-state index is 0.343. The van der Waals surface area contributed by atoms with Crippen molar-refractivity contribution in [3.63, 3.8) is 0 Å². The number of fused-ring (bicyclic) bond motifs is 1. The Morgan fingerprint density at radius 3 is 2.16 bits per heavy atom. The molecule has 0 bridgehead atoms. The highest BCUT2D eigenvalue weighted by Gasteiger charge is 2.19. The molecule has 0 saturated heterocycles. The second kappa shape index (κ2) is 8.89. The van der Waals surface area contributed by atoms with Gasteiger partial charge in [0.05, 0.1) is 45.2 Å². The number of methoxy groups -OCH3 is 4. The lowest BCUT2D eigenvalue weighted by atomic mass is 10.1. The number of aromatic amines is 1. The SMILES string of the molecule is COc1ccc(-c2nc3ccccc3[nH]2)cc1NC(=O)c1cc(OC)c(OC)c(OC)c1. The number of anilines is 1. The quantitative estimate of drug-likeness (QED) is 0.445.